The van der Waals surface area contributed by atoms with Gasteiger partial charge in [0.15, 0.2) is 0 Å². The predicted octanol–water partition coefficient (Wildman–Crippen LogP) is 3.26. The lowest BCUT2D eigenvalue weighted by atomic mass is 10.1. The van der Waals surface area contributed by atoms with Gasteiger partial charge in [0.2, 0.25) is 0 Å². The van der Waals surface area contributed by atoms with Crippen LogP contribution in [0.5, 0.6) is 5.75 Å². The minimum Gasteiger partial charge on any atom is -0.497 e. The molecule has 0 saturated heterocycles. The fraction of sp³-hybridized carbons (Fsp3) is 0.188. The first-order valence-electron chi connectivity index (χ1n) is 6.27. The maximum atomic E-state index is 12.3. The topological polar surface area (TPSA) is 29.5 Å². The average molecular weight is 287 g/mol. The highest BCUT2D eigenvalue weighted by Crippen LogP contribution is 2.15. The summed E-state index contributed by atoms with van der Waals surface area (Å²) in [6, 6.07) is 14.9. The number of hydrogen-bond acceptors (Lipinski definition) is 3. The molecule has 3 nitrogen and oxygen atoms in total. The Morgan fingerprint density at radius 2 is 1.90 bits per heavy atom. The number of carbonyl (C=O) groups is 1. The van der Waals surface area contributed by atoms with Gasteiger partial charge in [-0.25, -0.2) is 0 Å². The fourth-order valence-electron chi connectivity index (χ4n) is 1.94. The Hall–Kier alpha value is -1.94. The number of rotatable bonds is 4. The molecule has 2 aromatic carbocycles. The third-order valence-electron chi connectivity index (χ3n) is 3.01. The molecule has 0 unspecified atom stereocenters. The van der Waals surface area contributed by atoms with Gasteiger partial charge in [-0.1, -0.05) is 12.1 Å². The zero-order chi connectivity index (χ0) is 14.5. The zero-order valence-electron chi connectivity index (χ0n) is 11.5. The molecule has 20 heavy (non-hydrogen) atoms. The quantitative estimate of drug-likeness (QED) is 0.875. The maximum Gasteiger partial charge on any atom is 0.253 e. The van der Waals surface area contributed by atoms with E-state index in [9.17, 15) is 4.79 Å². The van der Waals surface area contributed by atoms with Gasteiger partial charge in [0.25, 0.3) is 5.91 Å². The van der Waals surface area contributed by atoms with Gasteiger partial charge >= 0.3 is 0 Å². The fourth-order valence-corrected chi connectivity index (χ4v) is 2.09. The van der Waals surface area contributed by atoms with Gasteiger partial charge < -0.3 is 9.64 Å². The van der Waals surface area contributed by atoms with E-state index in [1.165, 1.54) is 0 Å². The minimum absolute atomic E-state index is 0.0128. The first kappa shape index (κ1) is 14.5. The third-order valence-corrected chi connectivity index (χ3v) is 3.31. The molecule has 0 aromatic heterocycles. The van der Waals surface area contributed by atoms with Gasteiger partial charge in [-0.2, -0.15) is 0 Å². The van der Waals surface area contributed by atoms with E-state index in [0.717, 1.165) is 16.2 Å². The van der Waals surface area contributed by atoms with E-state index >= 15 is 0 Å². The number of hydrogen-bond donors (Lipinski definition) is 1. The summed E-state index contributed by atoms with van der Waals surface area (Å²) in [5.74, 6) is 0.781. The van der Waals surface area contributed by atoms with Crippen molar-refractivity contribution < 1.29 is 9.53 Å². The predicted molar refractivity (Wildman–Crippen MR) is 82.5 cm³/mol. The van der Waals surface area contributed by atoms with Crippen molar-refractivity contribution >= 4 is 18.5 Å². The number of carbonyl (C=O) groups excluding carboxylic acids is 1. The van der Waals surface area contributed by atoms with E-state index in [-0.39, 0.29) is 5.91 Å². The van der Waals surface area contributed by atoms with Crippen LogP contribution in [0.2, 0.25) is 0 Å². The summed E-state index contributed by atoms with van der Waals surface area (Å²) < 4.78 is 5.18. The second-order valence-electron chi connectivity index (χ2n) is 4.56. The molecule has 104 valence electrons. The lowest BCUT2D eigenvalue weighted by Gasteiger charge is -2.17. The molecule has 2 rings (SSSR count). The lowest BCUT2D eigenvalue weighted by Crippen LogP contribution is -2.26. The molecule has 0 fully saturated rings. The van der Waals surface area contributed by atoms with Crippen molar-refractivity contribution in [1.29, 1.82) is 0 Å². The Balaban J connectivity index is 2.09. The van der Waals surface area contributed by atoms with Crippen molar-refractivity contribution in [2.24, 2.45) is 0 Å². The summed E-state index contributed by atoms with van der Waals surface area (Å²) in [6.45, 7) is 0.540. The van der Waals surface area contributed by atoms with Crippen LogP contribution in [0.25, 0.3) is 0 Å². The summed E-state index contributed by atoms with van der Waals surface area (Å²) in [4.78, 5) is 14.8. The van der Waals surface area contributed by atoms with Gasteiger partial charge in [0.05, 0.1) is 7.11 Å². The van der Waals surface area contributed by atoms with E-state index in [4.69, 9.17) is 4.74 Å². The molecule has 0 bridgehead atoms. The second-order valence-corrected chi connectivity index (χ2v) is 5.08. The van der Waals surface area contributed by atoms with Crippen LogP contribution in [0, 0.1) is 0 Å². The summed E-state index contributed by atoms with van der Waals surface area (Å²) in [7, 11) is 3.42. The average Bonchev–Trinajstić information content (AvgIpc) is 2.47. The van der Waals surface area contributed by atoms with E-state index < -0.39 is 0 Å². The number of ether oxygens (including phenoxy) is 1. The van der Waals surface area contributed by atoms with Gasteiger partial charge in [-0.15, -0.1) is 12.6 Å². The van der Waals surface area contributed by atoms with E-state index in [1.807, 2.05) is 36.4 Å². The maximum absolute atomic E-state index is 12.3. The van der Waals surface area contributed by atoms with E-state index in [1.54, 1.807) is 31.2 Å². The number of benzene rings is 2. The molecule has 2 aromatic rings. The summed E-state index contributed by atoms with van der Waals surface area (Å²) in [5.41, 5.74) is 1.69. The van der Waals surface area contributed by atoms with E-state index in [2.05, 4.69) is 12.6 Å². The molecule has 4 heteroatoms. The molecule has 0 aliphatic heterocycles. The summed E-state index contributed by atoms with van der Waals surface area (Å²) in [6.07, 6.45) is 0. The van der Waals surface area contributed by atoms with Gasteiger partial charge in [0, 0.05) is 24.1 Å². The first-order chi connectivity index (χ1) is 9.60. The largest absolute Gasteiger partial charge is 0.497 e. The van der Waals surface area contributed by atoms with Crippen molar-refractivity contribution in [3.05, 3.63) is 59.7 Å². The highest BCUT2D eigenvalue weighted by atomic mass is 32.1. The molecule has 0 N–H and O–H groups in total. The van der Waals surface area contributed by atoms with Crippen molar-refractivity contribution in [2.45, 2.75) is 11.4 Å². The van der Waals surface area contributed by atoms with Gasteiger partial charge in [0.1, 0.15) is 5.75 Å². The highest BCUT2D eigenvalue weighted by Gasteiger charge is 2.12. The van der Waals surface area contributed by atoms with Crippen LogP contribution in [0.15, 0.2) is 53.4 Å². The Kier molecular flexibility index (Phi) is 4.69. The summed E-state index contributed by atoms with van der Waals surface area (Å²) >= 11 is 4.22. The van der Waals surface area contributed by atoms with Crippen molar-refractivity contribution in [3.63, 3.8) is 0 Å². The highest BCUT2D eigenvalue weighted by molar-refractivity contribution is 7.80. The first-order valence-corrected chi connectivity index (χ1v) is 6.72. The van der Waals surface area contributed by atoms with Crippen molar-refractivity contribution in [2.75, 3.05) is 14.2 Å². The van der Waals surface area contributed by atoms with Crippen LogP contribution < -0.4 is 4.74 Å². The lowest BCUT2D eigenvalue weighted by molar-refractivity contribution is 0.0785. The van der Waals surface area contributed by atoms with Crippen LogP contribution in [0.4, 0.5) is 0 Å². The number of amides is 1. The summed E-state index contributed by atoms with van der Waals surface area (Å²) in [5, 5.41) is 0. The number of methoxy groups -OCH3 is 1. The molecular weight excluding hydrogens is 270 g/mol. The zero-order valence-corrected chi connectivity index (χ0v) is 12.4. The van der Waals surface area contributed by atoms with Crippen molar-refractivity contribution in [1.82, 2.24) is 4.90 Å². The van der Waals surface area contributed by atoms with Crippen LogP contribution in [-0.2, 0) is 6.54 Å². The Labute approximate surface area is 124 Å². The Morgan fingerprint density at radius 1 is 1.20 bits per heavy atom. The van der Waals surface area contributed by atoms with Crippen LogP contribution >= 0.6 is 12.6 Å². The molecule has 0 aliphatic carbocycles. The van der Waals surface area contributed by atoms with E-state index in [0.29, 0.717) is 12.1 Å². The molecule has 0 saturated carbocycles. The van der Waals surface area contributed by atoms with Crippen LogP contribution in [0.3, 0.4) is 0 Å². The third kappa shape index (κ3) is 3.54. The monoisotopic (exact) mass is 287 g/mol. The normalized spacial score (nSPS) is 10.2. The molecule has 0 aliphatic rings. The molecule has 0 radical (unpaired) electrons. The molecule has 0 atom stereocenters. The molecular formula is C16H17NO2S. The molecule has 0 spiro atoms. The van der Waals surface area contributed by atoms with Gasteiger partial charge in [-0.3, -0.25) is 4.79 Å². The van der Waals surface area contributed by atoms with Crippen molar-refractivity contribution in [3.8, 4) is 5.75 Å². The standard InChI is InChI=1S/C16H17NO2S/c1-17(11-12-4-3-5-14(10-12)19-2)16(18)13-6-8-15(20)9-7-13/h3-10,20H,11H2,1-2H3. The number of nitrogens with zero attached hydrogens (tertiary/aromatic N) is 1. The Bertz CT molecular complexity index is 596. The Morgan fingerprint density at radius 3 is 2.55 bits per heavy atom. The molecule has 1 amide bonds. The molecule has 0 heterocycles. The minimum atomic E-state index is -0.0128. The van der Waals surface area contributed by atoms with Gasteiger partial charge in [-0.05, 0) is 42.0 Å². The van der Waals surface area contributed by atoms with Crippen LogP contribution in [0.1, 0.15) is 15.9 Å². The SMILES string of the molecule is COc1cccc(CN(C)C(=O)c2ccc(S)cc2)c1. The van der Waals surface area contributed by atoms with Crippen LogP contribution in [-0.4, -0.2) is 25.0 Å². The smallest absolute Gasteiger partial charge is 0.253 e. The second kappa shape index (κ2) is 6.48. The number of thiol groups is 1.